The minimum Gasteiger partial charge on any atom is -0.333 e. The van der Waals surface area contributed by atoms with Crippen LogP contribution in [0.3, 0.4) is 0 Å². The lowest BCUT2D eigenvalue weighted by atomic mass is 10.1. The van der Waals surface area contributed by atoms with Gasteiger partial charge in [-0.25, -0.2) is 0 Å². The standard InChI is InChI=1S/C8H14N2O2/c1-6(11)10-4-2-3-7(10)8(12)5-9/h7H,2-5,9H2,1H3. The minimum absolute atomic E-state index is 0.0253. The van der Waals surface area contributed by atoms with Gasteiger partial charge in [-0.2, -0.15) is 0 Å². The molecule has 1 unspecified atom stereocenters. The summed E-state index contributed by atoms with van der Waals surface area (Å²) in [6.45, 7) is 2.22. The van der Waals surface area contributed by atoms with Gasteiger partial charge in [-0.05, 0) is 12.8 Å². The Morgan fingerprint density at radius 3 is 2.75 bits per heavy atom. The van der Waals surface area contributed by atoms with E-state index < -0.39 is 0 Å². The molecule has 4 nitrogen and oxygen atoms in total. The third kappa shape index (κ3) is 1.64. The number of hydrogen-bond acceptors (Lipinski definition) is 3. The lowest BCUT2D eigenvalue weighted by Crippen LogP contribution is -2.41. The number of carbonyl (C=O) groups excluding carboxylic acids is 2. The van der Waals surface area contributed by atoms with Gasteiger partial charge in [0, 0.05) is 13.5 Å². The van der Waals surface area contributed by atoms with Gasteiger partial charge in [-0.15, -0.1) is 0 Å². The van der Waals surface area contributed by atoms with Crippen LogP contribution in [0.15, 0.2) is 0 Å². The van der Waals surface area contributed by atoms with Crippen LogP contribution in [0.25, 0.3) is 0 Å². The summed E-state index contributed by atoms with van der Waals surface area (Å²) in [5, 5.41) is 0. The predicted octanol–water partition coefficient (Wildman–Crippen LogP) is -0.475. The third-order valence-electron chi connectivity index (χ3n) is 2.23. The fourth-order valence-electron chi connectivity index (χ4n) is 1.61. The fraction of sp³-hybridized carbons (Fsp3) is 0.750. The molecule has 1 heterocycles. The molecule has 1 saturated heterocycles. The SMILES string of the molecule is CC(=O)N1CCCC1C(=O)CN. The molecule has 0 bridgehead atoms. The molecule has 1 rings (SSSR count). The zero-order valence-electron chi connectivity index (χ0n) is 7.25. The summed E-state index contributed by atoms with van der Waals surface area (Å²) in [5.41, 5.74) is 5.23. The maximum absolute atomic E-state index is 11.2. The second-order valence-electron chi connectivity index (χ2n) is 3.04. The van der Waals surface area contributed by atoms with E-state index in [1.165, 1.54) is 6.92 Å². The van der Waals surface area contributed by atoms with Crippen molar-refractivity contribution in [1.82, 2.24) is 4.90 Å². The van der Waals surface area contributed by atoms with Gasteiger partial charge in [0.15, 0.2) is 5.78 Å². The van der Waals surface area contributed by atoms with E-state index in [4.69, 9.17) is 5.73 Å². The molecular weight excluding hydrogens is 156 g/mol. The van der Waals surface area contributed by atoms with Crippen LogP contribution < -0.4 is 5.73 Å². The summed E-state index contributed by atoms with van der Waals surface area (Å²) in [5.74, 6) is -0.0537. The lowest BCUT2D eigenvalue weighted by molar-refractivity contribution is -0.135. The molecule has 0 aromatic rings. The molecule has 0 aromatic carbocycles. The van der Waals surface area contributed by atoms with E-state index in [-0.39, 0.29) is 24.3 Å². The zero-order valence-corrected chi connectivity index (χ0v) is 7.25. The number of amides is 1. The van der Waals surface area contributed by atoms with Crippen molar-refractivity contribution < 1.29 is 9.59 Å². The zero-order chi connectivity index (χ0) is 9.14. The maximum Gasteiger partial charge on any atom is 0.220 e. The van der Waals surface area contributed by atoms with Crippen LogP contribution in [0.5, 0.6) is 0 Å². The Balaban J connectivity index is 2.63. The van der Waals surface area contributed by atoms with E-state index >= 15 is 0 Å². The van der Waals surface area contributed by atoms with Crippen LogP contribution in [0.2, 0.25) is 0 Å². The van der Waals surface area contributed by atoms with Crippen molar-refractivity contribution in [2.24, 2.45) is 5.73 Å². The first-order valence-electron chi connectivity index (χ1n) is 4.17. The molecular formula is C8H14N2O2. The Labute approximate surface area is 71.7 Å². The molecule has 1 aliphatic heterocycles. The average Bonchev–Trinajstić information content (AvgIpc) is 2.50. The van der Waals surface area contributed by atoms with E-state index in [1.807, 2.05) is 0 Å². The number of likely N-dealkylation sites (tertiary alicyclic amines) is 1. The second kappa shape index (κ2) is 3.67. The third-order valence-corrected chi connectivity index (χ3v) is 2.23. The highest BCUT2D eigenvalue weighted by atomic mass is 16.2. The summed E-state index contributed by atoms with van der Waals surface area (Å²) < 4.78 is 0. The second-order valence-corrected chi connectivity index (χ2v) is 3.04. The van der Waals surface area contributed by atoms with Crippen molar-refractivity contribution in [2.75, 3.05) is 13.1 Å². The number of Topliss-reactive ketones (excluding diaryl/α,β-unsaturated/α-hetero) is 1. The number of nitrogens with two attached hydrogens (primary N) is 1. The van der Waals surface area contributed by atoms with Crippen LogP contribution in [0.4, 0.5) is 0 Å². The molecule has 0 radical (unpaired) electrons. The fourth-order valence-corrected chi connectivity index (χ4v) is 1.61. The van der Waals surface area contributed by atoms with Crippen molar-refractivity contribution in [3.63, 3.8) is 0 Å². The van der Waals surface area contributed by atoms with Gasteiger partial charge in [0.25, 0.3) is 0 Å². The quantitative estimate of drug-likeness (QED) is 0.609. The molecule has 0 aliphatic carbocycles. The number of nitrogens with zero attached hydrogens (tertiary/aromatic N) is 1. The molecule has 1 amide bonds. The highest BCUT2D eigenvalue weighted by Crippen LogP contribution is 2.17. The van der Waals surface area contributed by atoms with Gasteiger partial charge in [0.1, 0.15) is 0 Å². The minimum atomic E-state index is -0.243. The average molecular weight is 170 g/mol. The van der Waals surface area contributed by atoms with Gasteiger partial charge in [-0.3, -0.25) is 9.59 Å². The number of rotatable bonds is 2. The van der Waals surface area contributed by atoms with E-state index in [2.05, 4.69) is 0 Å². The molecule has 68 valence electrons. The highest BCUT2D eigenvalue weighted by molar-refractivity contribution is 5.90. The summed E-state index contributed by atoms with van der Waals surface area (Å²) in [7, 11) is 0. The lowest BCUT2D eigenvalue weighted by Gasteiger charge is -2.21. The Bertz CT molecular complexity index is 203. The Morgan fingerprint density at radius 2 is 2.25 bits per heavy atom. The molecule has 1 aliphatic rings. The number of ketones is 1. The van der Waals surface area contributed by atoms with Gasteiger partial charge in [0.05, 0.1) is 12.6 Å². The largest absolute Gasteiger partial charge is 0.333 e. The van der Waals surface area contributed by atoms with Crippen molar-refractivity contribution in [2.45, 2.75) is 25.8 Å². The summed E-state index contributed by atoms with van der Waals surface area (Å²) in [4.78, 5) is 23.8. The molecule has 2 N–H and O–H groups in total. The molecule has 1 fully saturated rings. The van der Waals surface area contributed by atoms with Crippen molar-refractivity contribution in [1.29, 1.82) is 0 Å². The van der Waals surface area contributed by atoms with Crippen molar-refractivity contribution in [3.8, 4) is 0 Å². The first-order chi connectivity index (χ1) is 5.66. The van der Waals surface area contributed by atoms with Crippen LogP contribution >= 0.6 is 0 Å². The Hall–Kier alpha value is -0.900. The summed E-state index contributed by atoms with van der Waals surface area (Å²) in [6.07, 6.45) is 1.69. The highest BCUT2D eigenvalue weighted by Gasteiger charge is 2.30. The van der Waals surface area contributed by atoms with Crippen LogP contribution in [-0.2, 0) is 9.59 Å². The van der Waals surface area contributed by atoms with E-state index in [0.29, 0.717) is 6.54 Å². The van der Waals surface area contributed by atoms with Gasteiger partial charge >= 0.3 is 0 Å². The van der Waals surface area contributed by atoms with E-state index in [0.717, 1.165) is 12.8 Å². The smallest absolute Gasteiger partial charge is 0.220 e. The predicted molar refractivity (Wildman–Crippen MR) is 44.5 cm³/mol. The van der Waals surface area contributed by atoms with Gasteiger partial charge < -0.3 is 10.6 Å². The number of carbonyl (C=O) groups is 2. The van der Waals surface area contributed by atoms with Gasteiger partial charge in [-0.1, -0.05) is 0 Å². The summed E-state index contributed by atoms with van der Waals surface area (Å²) in [6, 6.07) is -0.243. The molecule has 0 spiro atoms. The Morgan fingerprint density at radius 1 is 1.58 bits per heavy atom. The normalized spacial score (nSPS) is 22.8. The van der Waals surface area contributed by atoms with E-state index in [1.54, 1.807) is 4.90 Å². The van der Waals surface area contributed by atoms with Crippen LogP contribution in [0, 0.1) is 0 Å². The summed E-state index contributed by atoms with van der Waals surface area (Å²) >= 11 is 0. The van der Waals surface area contributed by atoms with E-state index in [9.17, 15) is 9.59 Å². The Kier molecular flexibility index (Phi) is 2.81. The van der Waals surface area contributed by atoms with Gasteiger partial charge in [0.2, 0.25) is 5.91 Å². The molecule has 4 heteroatoms. The topological polar surface area (TPSA) is 63.4 Å². The van der Waals surface area contributed by atoms with Crippen molar-refractivity contribution >= 4 is 11.7 Å². The molecule has 12 heavy (non-hydrogen) atoms. The first-order valence-corrected chi connectivity index (χ1v) is 4.17. The van der Waals surface area contributed by atoms with Crippen molar-refractivity contribution in [3.05, 3.63) is 0 Å². The molecule has 0 saturated carbocycles. The first kappa shape index (κ1) is 9.19. The monoisotopic (exact) mass is 170 g/mol. The van der Waals surface area contributed by atoms with Crippen LogP contribution in [0.1, 0.15) is 19.8 Å². The maximum atomic E-state index is 11.2. The van der Waals surface area contributed by atoms with Crippen LogP contribution in [-0.4, -0.2) is 35.7 Å². The molecule has 0 aromatic heterocycles. The molecule has 1 atom stereocenters. The number of hydrogen-bond donors (Lipinski definition) is 1.